The van der Waals surface area contributed by atoms with Gasteiger partial charge in [-0.05, 0) is 47.5 Å². The standard InChI is InChI=1S/C48H32N4S/c1-48(2)38-22-8-6-19-35(38)43-42(48)44(51-47(50-43)30-14-10-13-29(27-30)31-15-12-26-49-28-31)37-21-11-20-36-41-40(53-46(36)37)25-24-34-33-18-7-9-23-39(33)52(45(34)41)32-16-4-3-5-17-32/h3-28H,1-2H3. The Hall–Kier alpha value is -6.43. The molecule has 10 aromatic rings. The van der Waals surface area contributed by atoms with Crippen LogP contribution in [0.15, 0.2) is 158 Å². The summed E-state index contributed by atoms with van der Waals surface area (Å²) in [6, 6.07) is 52.2. The van der Waals surface area contributed by atoms with Gasteiger partial charge in [0.2, 0.25) is 0 Å². The second kappa shape index (κ2) is 11.3. The first-order valence-corrected chi connectivity index (χ1v) is 18.8. The van der Waals surface area contributed by atoms with Gasteiger partial charge in [0.05, 0.1) is 22.4 Å². The molecule has 11 rings (SSSR count). The molecule has 4 nitrogen and oxygen atoms in total. The summed E-state index contributed by atoms with van der Waals surface area (Å²) in [4.78, 5) is 15.3. The molecule has 0 unspecified atom stereocenters. The molecule has 4 aromatic heterocycles. The predicted octanol–water partition coefficient (Wildman–Crippen LogP) is 12.6. The Kier molecular flexibility index (Phi) is 6.43. The van der Waals surface area contributed by atoms with Crippen molar-refractivity contribution in [1.82, 2.24) is 19.5 Å². The summed E-state index contributed by atoms with van der Waals surface area (Å²) in [7, 11) is 0. The van der Waals surface area contributed by atoms with Crippen molar-refractivity contribution >= 4 is 53.3 Å². The van der Waals surface area contributed by atoms with E-state index in [1.54, 1.807) is 0 Å². The van der Waals surface area contributed by atoms with Crippen molar-refractivity contribution in [3.8, 4) is 50.7 Å². The van der Waals surface area contributed by atoms with Gasteiger partial charge in [-0.25, -0.2) is 9.97 Å². The van der Waals surface area contributed by atoms with Crippen LogP contribution in [-0.2, 0) is 5.41 Å². The van der Waals surface area contributed by atoms with E-state index in [2.05, 4.69) is 163 Å². The van der Waals surface area contributed by atoms with Crippen molar-refractivity contribution in [1.29, 1.82) is 0 Å². The summed E-state index contributed by atoms with van der Waals surface area (Å²) < 4.78 is 4.95. The number of benzene rings is 6. The average molecular weight is 697 g/mol. The monoisotopic (exact) mass is 696 g/mol. The van der Waals surface area contributed by atoms with E-state index >= 15 is 0 Å². The minimum Gasteiger partial charge on any atom is -0.309 e. The molecule has 0 N–H and O–H groups in total. The Morgan fingerprint density at radius 3 is 2.17 bits per heavy atom. The highest BCUT2D eigenvalue weighted by Crippen LogP contribution is 2.53. The highest BCUT2D eigenvalue weighted by Gasteiger charge is 2.40. The van der Waals surface area contributed by atoms with Crippen molar-refractivity contribution in [2.45, 2.75) is 19.3 Å². The zero-order valence-corrected chi connectivity index (χ0v) is 30.0. The number of para-hydroxylation sites is 2. The van der Waals surface area contributed by atoms with Crippen LogP contribution in [0.25, 0.3) is 92.7 Å². The smallest absolute Gasteiger partial charge is 0.160 e. The lowest BCUT2D eigenvalue weighted by Gasteiger charge is -2.24. The van der Waals surface area contributed by atoms with Crippen molar-refractivity contribution in [2.24, 2.45) is 0 Å². The highest BCUT2D eigenvalue weighted by molar-refractivity contribution is 7.26. The third kappa shape index (κ3) is 4.38. The van der Waals surface area contributed by atoms with Crippen molar-refractivity contribution in [2.75, 3.05) is 0 Å². The summed E-state index contributed by atoms with van der Waals surface area (Å²) in [5, 5.41) is 5.04. The second-order valence-electron chi connectivity index (χ2n) is 14.4. The van der Waals surface area contributed by atoms with Crippen LogP contribution in [0.5, 0.6) is 0 Å². The van der Waals surface area contributed by atoms with E-state index in [1.165, 1.54) is 58.7 Å². The first-order valence-electron chi connectivity index (χ1n) is 18.0. The lowest BCUT2D eigenvalue weighted by atomic mass is 9.80. The van der Waals surface area contributed by atoms with E-state index in [1.807, 2.05) is 29.8 Å². The van der Waals surface area contributed by atoms with Gasteiger partial charge in [-0.1, -0.05) is 123 Å². The number of nitrogens with zero attached hydrogens (tertiary/aromatic N) is 4. The van der Waals surface area contributed by atoms with E-state index in [-0.39, 0.29) is 5.41 Å². The summed E-state index contributed by atoms with van der Waals surface area (Å²) in [5.41, 5.74) is 13.3. The van der Waals surface area contributed by atoms with Crippen LogP contribution in [0.4, 0.5) is 0 Å². The molecule has 5 heteroatoms. The Balaban J connectivity index is 1.22. The van der Waals surface area contributed by atoms with Crippen LogP contribution in [0.2, 0.25) is 0 Å². The highest BCUT2D eigenvalue weighted by atomic mass is 32.1. The fourth-order valence-electron chi connectivity index (χ4n) is 8.68. The second-order valence-corrected chi connectivity index (χ2v) is 15.5. The Labute approximate surface area is 310 Å². The van der Waals surface area contributed by atoms with Gasteiger partial charge in [-0.3, -0.25) is 4.98 Å². The average Bonchev–Trinajstić information content (AvgIpc) is 3.84. The first-order chi connectivity index (χ1) is 26.1. The quantitative estimate of drug-likeness (QED) is 0.184. The van der Waals surface area contributed by atoms with Crippen LogP contribution in [0.3, 0.4) is 0 Å². The Bertz CT molecular complexity index is 3080. The van der Waals surface area contributed by atoms with Crippen molar-refractivity contribution < 1.29 is 0 Å². The van der Waals surface area contributed by atoms with Crippen molar-refractivity contribution in [3.63, 3.8) is 0 Å². The first kappa shape index (κ1) is 30.2. The maximum absolute atomic E-state index is 5.56. The largest absolute Gasteiger partial charge is 0.309 e. The molecule has 0 amide bonds. The van der Waals surface area contributed by atoms with Crippen LogP contribution >= 0.6 is 11.3 Å². The van der Waals surface area contributed by atoms with E-state index < -0.39 is 0 Å². The fourth-order valence-corrected chi connectivity index (χ4v) is 9.90. The molecule has 0 aliphatic heterocycles. The molecule has 250 valence electrons. The molecule has 0 bridgehead atoms. The summed E-state index contributed by atoms with van der Waals surface area (Å²) in [6.07, 6.45) is 3.71. The molecule has 0 radical (unpaired) electrons. The number of hydrogen-bond donors (Lipinski definition) is 0. The molecular weight excluding hydrogens is 665 g/mol. The number of aromatic nitrogens is 4. The van der Waals surface area contributed by atoms with E-state index in [4.69, 9.17) is 9.97 Å². The number of pyridine rings is 1. The van der Waals surface area contributed by atoms with E-state index in [9.17, 15) is 0 Å². The molecule has 4 heterocycles. The molecule has 1 aliphatic carbocycles. The predicted molar refractivity (Wildman–Crippen MR) is 221 cm³/mol. The Morgan fingerprint density at radius 2 is 1.30 bits per heavy atom. The van der Waals surface area contributed by atoms with Gasteiger partial charge in [0.25, 0.3) is 0 Å². The van der Waals surface area contributed by atoms with Crippen LogP contribution in [0.1, 0.15) is 25.0 Å². The molecule has 53 heavy (non-hydrogen) atoms. The zero-order valence-electron chi connectivity index (χ0n) is 29.2. The van der Waals surface area contributed by atoms with Gasteiger partial charge < -0.3 is 4.57 Å². The molecular formula is C48H32N4S. The lowest BCUT2D eigenvalue weighted by molar-refractivity contribution is 0.658. The third-order valence-corrected chi connectivity index (χ3v) is 12.3. The zero-order chi connectivity index (χ0) is 35.3. The normalized spacial score (nSPS) is 13.2. The van der Waals surface area contributed by atoms with E-state index in [0.717, 1.165) is 45.2 Å². The maximum atomic E-state index is 5.56. The number of rotatable bonds is 4. The SMILES string of the molecule is CC1(C)c2ccccc2-c2nc(-c3cccc(-c4cccnc4)c3)nc(-c3cccc4c3sc3ccc5c6ccccc6n(-c6ccccc6)c5c34)c21. The summed E-state index contributed by atoms with van der Waals surface area (Å²) in [5.74, 6) is 0.724. The van der Waals surface area contributed by atoms with E-state index in [0.29, 0.717) is 0 Å². The molecule has 0 atom stereocenters. The molecule has 1 aliphatic rings. The Morgan fingerprint density at radius 1 is 0.585 bits per heavy atom. The van der Waals surface area contributed by atoms with Gasteiger partial charge in [-0.15, -0.1) is 11.3 Å². The molecule has 6 aromatic carbocycles. The number of hydrogen-bond acceptors (Lipinski definition) is 4. The minimum atomic E-state index is -0.288. The summed E-state index contributed by atoms with van der Waals surface area (Å²) >= 11 is 1.86. The topological polar surface area (TPSA) is 43.6 Å². The van der Waals surface area contributed by atoms with Crippen LogP contribution < -0.4 is 0 Å². The van der Waals surface area contributed by atoms with Crippen LogP contribution in [0, 0.1) is 0 Å². The van der Waals surface area contributed by atoms with Crippen LogP contribution in [-0.4, -0.2) is 19.5 Å². The van der Waals surface area contributed by atoms with Gasteiger partial charge in [0.1, 0.15) is 0 Å². The number of thiophene rings is 1. The van der Waals surface area contributed by atoms with Crippen molar-refractivity contribution in [3.05, 3.63) is 169 Å². The molecule has 0 fully saturated rings. The van der Waals surface area contributed by atoms with Gasteiger partial charge in [0.15, 0.2) is 5.82 Å². The molecule has 0 saturated carbocycles. The molecule has 0 spiro atoms. The maximum Gasteiger partial charge on any atom is 0.160 e. The fraction of sp³-hybridized carbons (Fsp3) is 0.0625. The lowest BCUT2D eigenvalue weighted by Crippen LogP contribution is -2.17. The van der Waals surface area contributed by atoms with Gasteiger partial charge >= 0.3 is 0 Å². The summed E-state index contributed by atoms with van der Waals surface area (Å²) in [6.45, 7) is 4.64. The number of fused-ring (bicyclic) bond motifs is 10. The minimum absolute atomic E-state index is 0.288. The molecule has 0 saturated heterocycles. The van der Waals surface area contributed by atoms with Gasteiger partial charge in [0, 0.05) is 82.3 Å². The van der Waals surface area contributed by atoms with Gasteiger partial charge in [-0.2, -0.15) is 0 Å². The third-order valence-electron chi connectivity index (χ3n) is 11.1.